The number of hydrogen-bond donors (Lipinski definition) is 1. The van der Waals surface area contributed by atoms with Crippen LogP contribution in [0.2, 0.25) is 0 Å². The fraction of sp³-hybridized carbons (Fsp3) is 0.500. The van der Waals surface area contributed by atoms with Crippen LogP contribution >= 0.6 is 11.6 Å². The van der Waals surface area contributed by atoms with Crippen molar-refractivity contribution in [1.82, 2.24) is 5.32 Å². The van der Waals surface area contributed by atoms with Gasteiger partial charge in [-0.3, -0.25) is 4.99 Å². The van der Waals surface area contributed by atoms with Gasteiger partial charge in [0.25, 0.3) is 0 Å². The van der Waals surface area contributed by atoms with E-state index in [9.17, 15) is 0 Å². The van der Waals surface area contributed by atoms with Crippen LogP contribution in [0.4, 0.5) is 0 Å². The molecule has 0 fully saturated rings. The van der Waals surface area contributed by atoms with Crippen LogP contribution in [-0.2, 0) is 0 Å². The van der Waals surface area contributed by atoms with Gasteiger partial charge in [0, 0.05) is 12.4 Å². The molecule has 1 rings (SSSR count). The normalized spacial score (nSPS) is 33.4. The van der Waals surface area contributed by atoms with Gasteiger partial charge in [-0.15, -0.1) is 0 Å². The van der Waals surface area contributed by atoms with E-state index in [0.717, 1.165) is 5.70 Å². The van der Waals surface area contributed by atoms with Gasteiger partial charge in [0.05, 0.1) is 5.70 Å². The van der Waals surface area contributed by atoms with E-state index in [0.29, 0.717) is 0 Å². The summed E-state index contributed by atoms with van der Waals surface area (Å²) >= 11 is 5.83. The molecular formula is C6H9ClN2. The Hall–Kier alpha value is -0.500. The Morgan fingerprint density at radius 2 is 2.44 bits per heavy atom. The summed E-state index contributed by atoms with van der Waals surface area (Å²) in [6, 6.07) is 0. The lowest BCUT2D eigenvalue weighted by Crippen LogP contribution is -2.36. The van der Waals surface area contributed by atoms with Crippen LogP contribution in [0.3, 0.4) is 0 Å². The molecule has 1 atom stereocenters. The predicted octanol–water partition coefficient (Wildman–Crippen LogP) is 1.48. The molecule has 0 aliphatic carbocycles. The molecule has 0 aromatic rings. The number of alkyl halides is 1. The Labute approximate surface area is 59.6 Å². The largest absolute Gasteiger partial charge is 0.367 e. The fourth-order valence-electron chi connectivity index (χ4n) is 0.543. The number of halogens is 1. The zero-order valence-electron chi connectivity index (χ0n) is 5.48. The summed E-state index contributed by atoms with van der Waals surface area (Å²) in [5, 5.41) is 2.96. The Kier molecular flexibility index (Phi) is 1.49. The first-order chi connectivity index (χ1) is 4.10. The molecule has 50 valence electrons. The average molecular weight is 145 g/mol. The van der Waals surface area contributed by atoms with Gasteiger partial charge in [-0.25, -0.2) is 0 Å². The van der Waals surface area contributed by atoms with Crippen molar-refractivity contribution < 1.29 is 0 Å². The predicted molar refractivity (Wildman–Crippen MR) is 39.6 cm³/mol. The standard InChI is InChI=1S/C6H9ClN2/c1-5-3-9-6(2,7)4-8-5/h3-4,9H,1-2H3. The van der Waals surface area contributed by atoms with Crippen molar-refractivity contribution in [3.63, 3.8) is 0 Å². The van der Waals surface area contributed by atoms with Gasteiger partial charge in [0.1, 0.15) is 5.00 Å². The zero-order valence-corrected chi connectivity index (χ0v) is 6.24. The van der Waals surface area contributed by atoms with E-state index in [-0.39, 0.29) is 0 Å². The third-order valence-corrected chi connectivity index (χ3v) is 1.28. The maximum absolute atomic E-state index is 5.83. The lowest BCUT2D eigenvalue weighted by atomic mass is 10.3. The number of nitrogens with zero attached hydrogens (tertiary/aromatic N) is 1. The van der Waals surface area contributed by atoms with Crippen LogP contribution in [0.15, 0.2) is 16.9 Å². The molecule has 3 heteroatoms. The number of aliphatic imine (C=N–C) groups is 1. The molecule has 1 aliphatic heterocycles. The minimum Gasteiger partial charge on any atom is -0.367 e. The van der Waals surface area contributed by atoms with Crippen LogP contribution in [-0.4, -0.2) is 11.2 Å². The summed E-state index contributed by atoms with van der Waals surface area (Å²) < 4.78 is 0. The first-order valence-electron chi connectivity index (χ1n) is 2.79. The van der Waals surface area contributed by atoms with Gasteiger partial charge in [-0.2, -0.15) is 0 Å². The highest BCUT2D eigenvalue weighted by Crippen LogP contribution is 2.11. The first-order valence-corrected chi connectivity index (χ1v) is 3.16. The smallest absolute Gasteiger partial charge is 0.145 e. The minimum atomic E-state index is -0.487. The summed E-state index contributed by atoms with van der Waals surface area (Å²) in [6.45, 7) is 3.76. The van der Waals surface area contributed by atoms with Gasteiger partial charge in [0.2, 0.25) is 0 Å². The Morgan fingerprint density at radius 3 is 2.78 bits per heavy atom. The number of allylic oxidation sites excluding steroid dienone is 1. The molecule has 0 aromatic heterocycles. The van der Waals surface area contributed by atoms with Crippen molar-refractivity contribution in [2.45, 2.75) is 18.8 Å². The van der Waals surface area contributed by atoms with E-state index >= 15 is 0 Å². The van der Waals surface area contributed by atoms with Crippen LogP contribution in [0.1, 0.15) is 13.8 Å². The highest BCUT2D eigenvalue weighted by atomic mass is 35.5. The molecular weight excluding hydrogens is 136 g/mol. The second kappa shape index (κ2) is 2.03. The minimum absolute atomic E-state index is 0.487. The Balaban J connectivity index is 2.70. The number of nitrogens with one attached hydrogen (secondary N) is 1. The SMILES string of the molecule is CC1=CNC(C)(Cl)C=N1. The van der Waals surface area contributed by atoms with Gasteiger partial charge in [-0.05, 0) is 13.8 Å². The maximum atomic E-state index is 5.83. The first kappa shape index (κ1) is 6.62. The van der Waals surface area contributed by atoms with E-state index in [4.69, 9.17) is 11.6 Å². The lowest BCUT2D eigenvalue weighted by Gasteiger charge is -2.20. The Bertz CT molecular complexity index is 170. The molecule has 1 unspecified atom stereocenters. The van der Waals surface area contributed by atoms with Crippen LogP contribution in [0, 0.1) is 0 Å². The average Bonchev–Trinajstić information content (AvgIpc) is 1.78. The van der Waals surface area contributed by atoms with E-state index in [1.807, 2.05) is 13.8 Å². The van der Waals surface area contributed by atoms with Gasteiger partial charge in [0.15, 0.2) is 0 Å². The fourth-order valence-corrected chi connectivity index (χ4v) is 0.646. The van der Waals surface area contributed by atoms with Crippen molar-refractivity contribution in [3.05, 3.63) is 11.9 Å². The van der Waals surface area contributed by atoms with E-state index < -0.39 is 5.00 Å². The quantitative estimate of drug-likeness (QED) is 0.404. The second-order valence-electron chi connectivity index (χ2n) is 2.26. The monoisotopic (exact) mass is 144 g/mol. The highest BCUT2D eigenvalue weighted by molar-refractivity contribution is 6.31. The van der Waals surface area contributed by atoms with E-state index in [2.05, 4.69) is 10.3 Å². The van der Waals surface area contributed by atoms with E-state index in [1.165, 1.54) is 0 Å². The van der Waals surface area contributed by atoms with Gasteiger partial charge >= 0.3 is 0 Å². The highest BCUT2D eigenvalue weighted by Gasteiger charge is 2.17. The van der Waals surface area contributed by atoms with Gasteiger partial charge in [-0.1, -0.05) is 11.6 Å². The molecule has 2 nitrogen and oxygen atoms in total. The summed E-state index contributed by atoms with van der Waals surface area (Å²) in [5.41, 5.74) is 0.952. The number of rotatable bonds is 0. The molecule has 0 saturated carbocycles. The molecule has 0 bridgehead atoms. The molecule has 0 amide bonds. The topological polar surface area (TPSA) is 24.4 Å². The summed E-state index contributed by atoms with van der Waals surface area (Å²) in [6.07, 6.45) is 3.48. The van der Waals surface area contributed by atoms with Crippen molar-refractivity contribution in [2.75, 3.05) is 0 Å². The van der Waals surface area contributed by atoms with E-state index in [1.54, 1.807) is 12.4 Å². The third kappa shape index (κ3) is 1.72. The lowest BCUT2D eigenvalue weighted by molar-refractivity contribution is 0.725. The molecule has 0 saturated heterocycles. The molecule has 1 heterocycles. The van der Waals surface area contributed by atoms with Crippen molar-refractivity contribution in [1.29, 1.82) is 0 Å². The van der Waals surface area contributed by atoms with Crippen LogP contribution in [0.25, 0.3) is 0 Å². The van der Waals surface area contributed by atoms with Crippen LogP contribution in [0.5, 0.6) is 0 Å². The molecule has 0 spiro atoms. The van der Waals surface area contributed by atoms with Crippen LogP contribution < -0.4 is 5.32 Å². The Morgan fingerprint density at radius 1 is 1.78 bits per heavy atom. The maximum Gasteiger partial charge on any atom is 0.145 e. The summed E-state index contributed by atoms with van der Waals surface area (Å²) in [5.74, 6) is 0. The summed E-state index contributed by atoms with van der Waals surface area (Å²) in [4.78, 5) is 3.54. The van der Waals surface area contributed by atoms with Crippen molar-refractivity contribution >= 4 is 17.8 Å². The molecule has 0 radical (unpaired) electrons. The molecule has 1 aliphatic rings. The van der Waals surface area contributed by atoms with Crippen molar-refractivity contribution in [3.8, 4) is 0 Å². The molecule has 1 N–H and O–H groups in total. The third-order valence-electron chi connectivity index (χ3n) is 1.07. The molecule has 0 aromatic carbocycles. The van der Waals surface area contributed by atoms with Gasteiger partial charge < -0.3 is 5.32 Å². The summed E-state index contributed by atoms with van der Waals surface area (Å²) in [7, 11) is 0. The molecule has 9 heavy (non-hydrogen) atoms. The van der Waals surface area contributed by atoms with Crippen molar-refractivity contribution in [2.24, 2.45) is 4.99 Å². The second-order valence-corrected chi connectivity index (χ2v) is 3.05. The number of hydrogen-bond acceptors (Lipinski definition) is 2. The zero-order chi connectivity index (χ0) is 6.91.